The van der Waals surface area contributed by atoms with Gasteiger partial charge in [-0.25, -0.2) is 5.43 Å². The monoisotopic (exact) mass is 392 g/mol. The van der Waals surface area contributed by atoms with Crippen molar-refractivity contribution in [3.05, 3.63) is 65.9 Å². The van der Waals surface area contributed by atoms with Crippen LogP contribution >= 0.6 is 0 Å². The number of hydrogen-bond acceptors (Lipinski definition) is 5. The van der Waals surface area contributed by atoms with E-state index in [1.54, 1.807) is 43.8 Å². The van der Waals surface area contributed by atoms with Gasteiger partial charge in [0.25, 0.3) is 5.91 Å². The highest BCUT2D eigenvalue weighted by Gasteiger charge is 2.08. The lowest BCUT2D eigenvalue weighted by molar-refractivity contribution is 0.0955. The van der Waals surface area contributed by atoms with Crippen LogP contribution in [-0.2, 0) is 0 Å². The molecule has 29 heavy (non-hydrogen) atoms. The number of hydrazone groups is 1. The largest absolute Gasteiger partial charge is 0.497 e. The predicted molar refractivity (Wildman–Crippen MR) is 112 cm³/mol. The molecule has 7 nitrogen and oxygen atoms in total. The Balaban J connectivity index is 1.61. The maximum absolute atomic E-state index is 12.3. The summed E-state index contributed by atoms with van der Waals surface area (Å²) in [4.78, 5) is 12.3. The minimum absolute atomic E-state index is 0.300. The molecule has 0 saturated carbocycles. The molecule has 0 bridgehead atoms. The molecule has 0 fully saturated rings. The number of ether oxygens (including phenoxy) is 2. The third kappa shape index (κ3) is 5.44. The molecule has 150 valence electrons. The number of hydrogen-bond donors (Lipinski definition) is 2. The molecule has 0 saturated heterocycles. The van der Waals surface area contributed by atoms with E-state index in [1.165, 1.54) is 0 Å². The van der Waals surface area contributed by atoms with Crippen LogP contribution in [0.1, 0.15) is 29.8 Å². The molecule has 3 aromatic rings. The molecule has 1 heterocycles. The topological polar surface area (TPSA) is 88.6 Å². The number of aromatic nitrogens is 2. The van der Waals surface area contributed by atoms with Crippen molar-refractivity contribution in [3.63, 3.8) is 0 Å². The fraction of sp³-hybridized carbons (Fsp3) is 0.227. The number of amides is 1. The molecule has 0 atom stereocenters. The predicted octanol–water partition coefficient (Wildman–Crippen LogP) is 3.88. The molecule has 1 amide bonds. The maximum Gasteiger partial charge on any atom is 0.271 e. The Kier molecular flexibility index (Phi) is 6.63. The molecule has 0 radical (unpaired) electrons. The minimum Gasteiger partial charge on any atom is -0.497 e. The summed E-state index contributed by atoms with van der Waals surface area (Å²) in [5.41, 5.74) is 5.53. The number of benzene rings is 2. The van der Waals surface area contributed by atoms with Crippen LogP contribution in [0.25, 0.3) is 11.3 Å². The molecule has 3 rings (SSSR count). The molecule has 7 heteroatoms. The number of nitrogens with one attached hydrogen (secondary N) is 2. The van der Waals surface area contributed by atoms with E-state index >= 15 is 0 Å². The molecule has 0 spiro atoms. The first-order chi connectivity index (χ1) is 14.1. The number of carbonyl (C=O) groups excluding carboxylic acids is 1. The lowest BCUT2D eigenvalue weighted by Gasteiger charge is -2.08. The Labute approximate surface area is 169 Å². The summed E-state index contributed by atoms with van der Waals surface area (Å²) in [5.74, 6) is 1.65. The van der Waals surface area contributed by atoms with Crippen LogP contribution in [0.2, 0.25) is 0 Å². The number of carbonyl (C=O) groups is 1. The number of aromatic amines is 1. The van der Waals surface area contributed by atoms with Gasteiger partial charge in [0.1, 0.15) is 11.5 Å². The maximum atomic E-state index is 12.3. The van der Waals surface area contributed by atoms with Crippen LogP contribution in [-0.4, -0.2) is 36.0 Å². The SMILES string of the molecule is COc1ccc(-c2[nH]ncc2/C=N\NC(=O)c2ccc(OCC(C)C)cc2)cc1. The van der Waals surface area contributed by atoms with Gasteiger partial charge in [-0.05, 0) is 54.4 Å². The summed E-state index contributed by atoms with van der Waals surface area (Å²) >= 11 is 0. The summed E-state index contributed by atoms with van der Waals surface area (Å²) in [5, 5.41) is 11.1. The van der Waals surface area contributed by atoms with Crippen LogP contribution in [0, 0.1) is 5.92 Å². The van der Waals surface area contributed by atoms with Crippen molar-refractivity contribution in [1.82, 2.24) is 15.6 Å². The van der Waals surface area contributed by atoms with Gasteiger partial charge in [0.05, 0.1) is 31.8 Å². The number of rotatable bonds is 8. The van der Waals surface area contributed by atoms with Crippen LogP contribution in [0.3, 0.4) is 0 Å². The minimum atomic E-state index is -0.300. The smallest absolute Gasteiger partial charge is 0.271 e. The molecule has 0 aliphatic heterocycles. The van der Waals surface area contributed by atoms with Crippen molar-refractivity contribution in [2.24, 2.45) is 11.0 Å². The van der Waals surface area contributed by atoms with Crippen molar-refractivity contribution < 1.29 is 14.3 Å². The van der Waals surface area contributed by atoms with Crippen LogP contribution in [0.5, 0.6) is 11.5 Å². The van der Waals surface area contributed by atoms with Gasteiger partial charge >= 0.3 is 0 Å². The zero-order valence-corrected chi connectivity index (χ0v) is 16.7. The van der Waals surface area contributed by atoms with E-state index < -0.39 is 0 Å². The Bertz CT molecular complexity index is 960. The van der Waals surface area contributed by atoms with E-state index in [9.17, 15) is 4.79 Å². The van der Waals surface area contributed by atoms with E-state index in [4.69, 9.17) is 9.47 Å². The van der Waals surface area contributed by atoms with Crippen molar-refractivity contribution >= 4 is 12.1 Å². The van der Waals surface area contributed by atoms with E-state index in [0.29, 0.717) is 18.1 Å². The van der Waals surface area contributed by atoms with Gasteiger partial charge in [-0.1, -0.05) is 13.8 Å². The van der Waals surface area contributed by atoms with Crippen molar-refractivity contribution in [2.45, 2.75) is 13.8 Å². The molecular weight excluding hydrogens is 368 g/mol. The van der Waals surface area contributed by atoms with E-state index in [-0.39, 0.29) is 5.91 Å². The van der Waals surface area contributed by atoms with Gasteiger partial charge in [0, 0.05) is 16.7 Å². The Morgan fingerprint density at radius 2 is 1.83 bits per heavy atom. The first kappa shape index (κ1) is 20.1. The normalized spacial score (nSPS) is 11.0. The van der Waals surface area contributed by atoms with E-state index in [1.807, 2.05) is 24.3 Å². The Morgan fingerprint density at radius 3 is 2.48 bits per heavy atom. The second-order valence-corrected chi connectivity index (χ2v) is 6.86. The first-order valence-corrected chi connectivity index (χ1v) is 9.31. The molecule has 0 aliphatic rings. The summed E-state index contributed by atoms with van der Waals surface area (Å²) in [6.45, 7) is 4.80. The van der Waals surface area contributed by atoms with Gasteiger partial charge in [-0.2, -0.15) is 10.2 Å². The average Bonchev–Trinajstić information content (AvgIpc) is 3.21. The fourth-order valence-electron chi connectivity index (χ4n) is 2.57. The fourth-order valence-corrected chi connectivity index (χ4v) is 2.57. The van der Waals surface area contributed by atoms with Crippen LogP contribution < -0.4 is 14.9 Å². The van der Waals surface area contributed by atoms with Crippen LogP contribution in [0.4, 0.5) is 0 Å². The highest BCUT2D eigenvalue weighted by atomic mass is 16.5. The van der Waals surface area contributed by atoms with Gasteiger partial charge < -0.3 is 9.47 Å². The van der Waals surface area contributed by atoms with Gasteiger partial charge in [0.15, 0.2) is 0 Å². The lowest BCUT2D eigenvalue weighted by atomic mass is 10.1. The zero-order valence-electron chi connectivity index (χ0n) is 16.7. The highest BCUT2D eigenvalue weighted by molar-refractivity contribution is 5.95. The van der Waals surface area contributed by atoms with Crippen molar-refractivity contribution in [3.8, 4) is 22.8 Å². The summed E-state index contributed by atoms with van der Waals surface area (Å²) < 4.78 is 10.8. The standard InChI is InChI=1S/C22H24N4O3/c1-15(2)14-29-20-10-6-17(7-11-20)22(27)26-24-13-18-12-23-25-21(18)16-4-8-19(28-3)9-5-16/h4-13,15H,14H2,1-3H3,(H,23,25)(H,26,27)/b24-13-. The van der Waals surface area contributed by atoms with E-state index in [0.717, 1.165) is 28.3 Å². The molecule has 0 aliphatic carbocycles. The highest BCUT2D eigenvalue weighted by Crippen LogP contribution is 2.22. The molecule has 0 unspecified atom stereocenters. The summed E-state index contributed by atoms with van der Waals surface area (Å²) in [6.07, 6.45) is 3.21. The zero-order chi connectivity index (χ0) is 20.6. The average molecular weight is 392 g/mol. The quantitative estimate of drug-likeness (QED) is 0.450. The number of methoxy groups -OCH3 is 1. The lowest BCUT2D eigenvalue weighted by Crippen LogP contribution is -2.17. The first-order valence-electron chi connectivity index (χ1n) is 9.31. The second-order valence-electron chi connectivity index (χ2n) is 6.86. The van der Waals surface area contributed by atoms with Crippen LogP contribution in [0.15, 0.2) is 59.8 Å². The van der Waals surface area contributed by atoms with Gasteiger partial charge in [-0.15, -0.1) is 0 Å². The van der Waals surface area contributed by atoms with Gasteiger partial charge in [0.2, 0.25) is 0 Å². The third-order valence-corrected chi connectivity index (χ3v) is 4.12. The second kappa shape index (κ2) is 9.54. The molecule has 2 N–H and O–H groups in total. The number of H-pyrrole nitrogens is 1. The summed E-state index contributed by atoms with van der Waals surface area (Å²) in [7, 11) is 1.62. The Morgan fingerprint density at radius 1 is 1.14 bits per heavy atom. The number of nitrogens with zero attached hydrogens (tertiary/aromatic N) is 2. The molecule has 2 aromatic carbocycles. The Hall–Kier alpha value is -3.61. The molecule has 1 aromatic heterocycles. The molecular formula is C22H24N4O3. The van der Waals surface area contributed by atoms with E-state index in [2.05, 4.69) is 34.6 Å². The van der Waals surface area contributed by atoms with Gasteiger partial charge in [-0.3, -0.25) is 9.89 Å². The third-order valence-electron chi connectivity index (χ3n) is 4.12. The summed E-state index contributed by atoms with van der Waals surface area (Å²) in [6, 6.07) is 14.6. The van der Waals surface area contributed by atoms with Crippen molar-refractivity contribution in [1.29, 1.82) is 0 Å². The van der Waals surface area contributed by atoms with Crippen molar-refractivity contribution in [2.75, 3.05) is 13.7 Å².